The van der Waals surface area contributed by atoms with Crippen LogP contribution in [0.3, 0.4) is 0 Å². The van der Waals surface area contributed by atoms with Crippen LogP contribution < -0.4 is 0 Å². The minimum Gasteiger partial charge on any atom is -0.464 e. The Morgan fingerprint density at radius 2 is 2.39 bits per heavy atom. The van der Waals surface area contributed by atoms with Crippen LogP contribution >= 0.6 is 0 Å². The molecule has 5 heteroatoms. The average molecular weight is 249 g/mol. The normalized spacial score (nSPS) is 29.5. The Bertz CT molecular complexity index is 443. The third-order valence-corrected chi connectivity index (χ3v) is 3.95. The molecule has 2 atom stereocenters. The lowest BCUT2D eigenvalue weighted by atomic mass is 9.93. The Morgan fingerprint density at radius 1 is 1.50 bits per heavy atom. The van der Waals surface area contributed by atoms with Gasteiger partial charge in [0.2, 0.25) is 0 Å². The predicted molar refractivity (Wildman–Crippen MR) is 66.2 cm³/mol. The molecule has 2 saturated heterocycles. The number of ether oxygens (including phenoxy) is 1. The molecule has 0 unspecified atom stereocenters. The first-order valence-electron chi connectivity index (χ1n) is 6.66. The van der Waals surface area contributed by atoms with E-state index in [9.17, 15) is 4.79 Å². The van der Waals surface area contributed by atoms with Crippen molar-refractivity contribution in [1.29, 1.82) is 0 Å². The number of hydrogen-bond donors (Lipinski definition) is 1. The molecule has 0 bridgehead atoms. The molecule has 1 N–H and O–H groups in total. The lowest BCUT2D eigenvalue weighted by Crippen LogP contribution is -2.44. The van der Waals surface area contributed by atoms with E-state index in [1.807, 2.05) is 6.92 Å². The van der Waals surface area contributed by atoms with E-state index in [0.29, 0.717) is 12.5 Å². The number of hydrogen-bond acceptors (Lipinski definition) is 4. The monoisotopic (exact) mass is 249 g/mol. The van der Waals surface area contributed by atoms with Crippen molar-refractivity contribution in [3.63, 3.8) is 0 Å². The van der Waals surface area contributed by atoms with E-state index in [4.69, 9.17) is 4.74 Å². The summed E-state index contributed by atoms with van der Waals surface area (Å²) >= 11 is 0. The van der Waals surface area contributed by atoms with Crippen molar-refractivity contribution in [1.82, 2.24) is 15.1 Å². The molecular formula is C13H19N3O2. The van der Waals surface area contributed by atoms with Crippen molar-refractivity contribution >= 4 is 5.97 Å². The molecule has 0 spiro atoms. The standard InChI is InChI=1S/C13H19N3O2/c1-9-7-11(15-14-9)10-3-2-5-16(8-10)12-4-6-18-13(12)17/h7,10,12H,2-6,8H2,1H3,(H,14,15)/t10-,12-/m0/s1. The van der Waals surface area contributed by atoms with Crippen LogP contribution in [-0.4, -0.2) is 46.8 Å². The van der Waals surface area contributed by atoms with Crippen LogP contribution in [0.15, 0.2) is 6.07 Å². The molecule has 0 aliphatic carbocycles. The number of cyclic esters (lactones) is 1. The fraction of sp³-hybridized carbons (Fsp3) is 0.692. The number of H-pyrrole nitrogens is 1. The zero-order valence-electron chi connectivity index (χ0n) is 10.7. The van der Waals surface area contributed by atoms with Crippen molar-refractivity contribution in [2.24, 2.45) is 0 Å². The quantitative estimate of drug-likeness (QED) is 0.800. The van der Waals surface area contributed by atoms with E-state index in [2.05, 4.69) is 21.2 Å². The minimum absolute atomic E-state index is 0.0205. The third kappa shape index (κ3) is 2.14. The Kier molecular flexibility index (Phi) is 3.07. The van der Waals surface area contributed by atoms with Crippen molar-refractivity contribution in [3.05, 3.63) is 17.5 Å². The number of aromatic amines is 1. The van der Waals surface area contributed by atoms with Crippen molar-refractivity contribution in [2.75, 3.05) is 19.7 Å². The molecule has 0 amide bonds. The van der Waals surface area contributed by atoms with Crippen LogP contribution in [0.4, 0.5) is 0 Å². The highest BCUT2D eigenvalue weighted by atomic mass is 16.5. The molecule has 3 heterocycles. The second-order valence-electron chi connectivity index (χ2n) is 5.28. The van der Waals surface area contributed by atoms with Gasteiger partial charge in [0.1, 0.15) is 6.04 Å². The van der Waals surface area contributed by atoms with E-state index in [1.165, 1.54) is 0 Å². The molecule has 2 fully saturated rings. The molecule has 2 aliphatic heterocycles. The number of piperidine rings is 1. The summed E-state index contributed by atoms with van der Waals surface area (Å²) in [5.74, 6) is 0.394. The summed E-state index contributed by atoms with van der Waals surface area (Å²) in [5, 5.41) is 7.35. The van der Waals surface area contributed by atoms with Gasteiger partial charge in [0, 0.05) is 24.6 Å². The van der Waals surface area contributed by atoms with Crippen molar-refractivity contribution in [3.8, 4) is 0 Å². The van der Waals surface area contributed by atoms with Crippen LogP contribution in [0.25, 0.3) is 0 Å². The summed E-state index contributed by atoms with van der Waals surface area (Å²) < 4.78 is 5.06. The summed E-state index contributed by atoms with van der Waals surface area (Å²) in [6.45, 7) is 4.52. The Morgan fingerprint density at radius 3 is 3.06 bits per heavy atom. The van der Waals surface area contributed by atoms with E-state index in [-0.39, 0.29) is 12.0 Å². The molecular weight excluding hydrogens is 230 g/mol. The molecule has 98 valence electrons. The van der Waals surface area contributed by atoms with Gasteiger partial charge in [-0.05, 0) is 32.4 Å². The summed E-state index contributed by atoms with van der Waals surface area (Å²) in [5.41, 5.74) is 2.23. The summed E-state index contributed by atoms with van der Waals surface area (Å²) in [4.78, 5) is 13.9. The first-order chi connectivity index (χ1) is 8.74. The number of rotatable bonds is 2. The average Bonchev–Trinajstić information content (AvgIpc) is 2.98. The summed E-state index contributed by atoms with van der Waals surface area (Å²) in [6, 6.07) is 2.09. The Labute approximate surface area is 107 Å². The number of carbonyl (C=O) groups is 1. The number of nitrogens with zero attached hydrogens (tertiary/aromatic N) is 2. The van der Waals surface area contributed by atoms with Crippen molar-refractivity contribution in [2.45, 2.75) is 38.1 Å². The van der Waals surface area contributed by atoms with Gasteiger partial charge < -0.3 is 4.74 Å². The maximum absolute atomic E-state index is 11.6. The largest absolute Gasteiger partial charge is 0.464 e. The Hall–Kier alpha value is -1.36. The van der Waals surface area contributed by atoms with E-state index < -0.39 is 0 Å². The van der Waals surface area contributed by atoms with Gasteiger partial charge in [-0.3, -0.25) is 14.8 Å². The molecule has 0 radical (unpaired) electrons. The summed E-state index contributed by atoms with van der Waals surface area (Å²) in [7, 11) is 0. The fourth-order valence-electron chi connectivity index (χ4n) is 3.00. The predicted octanol–water partition coefficient (Wildman–Crippen LogP) is 1.21. The Balaban J connectivity index is 1.70. The van der Waals surface area contributed by atoms with Gasteiger partial charge in [-0.2, -0.15) is 5.10 Å². The third-order valence-electron chi connectivity index (χ3n) is 3.95. The van der Waals surface area contributed by atoms with Gasteiger partial charge in [0.05, 0.1) is 12.3 Å². The number of nitrogens with one attached hydrogen (secondary N) is 1. The van der Waals surface area contributed by atoms with Crippen molar-refractivity contribution < 1.29 is 9.53 Å². The van der Waals surface area contributed by atoms with Gasteiger partial charge in [-0.15, -0.1) is 0 Å². The second kappa shape index (κ2) is 4.72. The lowest BCUT2D eigenvalue weighted by Gasteiger charge is -2.34. The second-order valence-corrected chi connectivity index (χ2v) is 5.28. The highest BCUT2D eigenvalue weighted by Crippen LogP contribution is 2.28. The molecule has 1 aromatic heterocycles. The van der Waals surface area contributed by atoms with Gasteiger partial charge >= 0.3 is 5.97 Å². The first-order valence-corrected chi connectivity index (χ1v) is 6.66. The topological polar surface area (TPSA) is 58.2 Å². The van der Waals surface area contributed by atoms with Crippen LogP contribution in [0, 0.1) is 6.92 Å². The van der Waals surface area contributed by atoms with Crippen LogP contribution in [0.1, 0.15) is 36.6 Å². The van der Waals surface area contributed by atoms with Crippen LogP contribution in [0.2, 0.25) is 0 Å². The number of likely N-dealkylation sites (tertiary alicyclic amines) is 1. The van der Waals surface area contributed by atoms with Gasteiger partial charge in [-0.25, -0.2) is 0 Å². The number of aromatic nitrogens is 2. The first kappa shape index (κ1) is 11.7. The van der Waals surface area contributed by atoms with Gasteiger partial charge in [0.15, 0.2) is 0 Å². The maximum atomic E-state index is 11.6. The highest BCUT2D eigenvalue weighted by molar-refractivity contribution is 5.77. The SMILES string of the molecule is Cc1cc([C@H]2CCCN([C@H]3CCOC3=O)C2)n[nH]1. The molecule has 0 aromatic carbocycles. The fourth-order valence-corrected chi connectivity index (χ4v) is 3.00. The van der Waals surface area contributed by atoms with E-state index in [1.54, 1.807) is 0 Å². The summed E-state index contributed by atoms with van der Waals surface area (Å²) in [6.07, 6.45) is 3.12. The number of carbonyl (C=O) groups excluding carboxylic acids is 1. The molecule has 1 aromatic rings. The zero-order valence-corrected chi connectivity index (χ0v) is 10.7. The van der Waals surface area contributed by atoms with E-state index >= 15 is 0 Å². The maximum Gasteiger partial charge on any atom is 0.323 e. The molecule has 0 saturated carbocycles. The number of aryl methyl sites for hydroxylation is 1. The molecule has 18 heavy (non-hydrogen) atoms. The molecule has 5 nitrogen and oxygen atoms in total. The lowest BCUT2D eigenvalue weighted by molar-refractivity contribution is -0.142. The number of esters is 1. The minimum atomic E-state index is -0.0474. The highest BCUT2D eigenvalue weighted by Gasteiger charge is 2.35. The zero-order chi connectivity index (χ0) is 12.5. The smallest absolute Gasteiger partial charge is 0.323 e. The van der Waals surface area contributed by atoms with Crippen LogP contribution in [0.5, 0.6) is 0 Å². The molecule has 3 rings (SSSR count). The van der Waals surface area contributed by atoms with Gasteiger partial charge in [0.25, 0.3) is 0 Å². The van der Waals surface area contributed by atoms with Gasteiger partial charge in [-0.1, -0.05) is 0 Å². The van der Waals surface area contributed by atoms with Crippen LogP contribution in [-0.2, 0) is 9.53 Å². The van der Waals surface area contributed by atoms with E-state index in [0.717, 1.165) is 43.7 Å². The molecule has 2 aliphatic rings.